The Bertz CT molecular complexity index is 757. The summed E-state index contributed by atoms with van der Waals surface area (Å²) in [5.41, 5.74) is 2.84. The van der Waals surface area contributed by atoms with Gasteiger partial charge in [0.05, 0.1) is 4.92 Å². The minimum atomic E-state index is -0.427. The van der Waals surface area contributed by atoms with Crippen LogP contribution in [0.4, 0.5) is 23.0 Å². The maximum Gasteiger partial charge on any atom is 0.353 e. The van der Waals surface area contributed by atoms with Crippen molar-refractivity contribution in [3.8, 4) is 0 Å². The van der Waals surface area contributed by atoms with E-state index in [2.05, 4.69) is 20.6 Å². The van der Waals surface area contributed by atoms with Crippen molar-refractivity contribution in [3.63, 3.8) is 0 Å². The van der Waals surface area contributed by atoms with Crippen LogP contribution in [0.2, 0.25) is 0 Å². The number of benzene rings is 1. The van der Waals surface area contributed by atoms with Gasteiger partial charge in [-0.1, -0.05) is 30.5 Å². The maximum atomic E-state index is 11.6. The SMILES string of the molecule is Cc1ccc(Nc2ncnc(NC3CCCC3)c2[N+](=O)[O-])c(C)c1. The summed E-state index contributed by atoms with van der Waals surface area (Å²) in [7, 11) is 0. The molecule has 0 bridgehead atoms. The van der Waals surface area contributed by atoms with Gasteiger partial charge < -0.3 is 10.6 Å². The molecule has 3 rings (SSSR count). The number of aromatic nitrogens is 2. The van der Waals surface area contributed by atoms with Crippen molar-refractivity contribution in [1.29, 1.82) is 0 Å². The van der Waals surface area contributed by atoms with Crippen molar-refractivity contribution in [2.45, 2.75) is 45.6 Å². The van der Waals surface area contributed by atoms with E-state index >= 15 is 0 Å². The fourth-order valence-corrected chi connectivity index (χ4v) is 3.09. The number of nitro groups is 1. The van der Waals surface area contributed by atoms with Gasteiger partial charge in [0, 0.05) is 11.7 Å². The summed E-state index contributed by atoms with van der Waals surface area (Å²) in [6.07, 6.45) is 5.67. The van der Waals surface area contributed by atoms with Crippen LogP contribution in [0.3, 0.4) is 0 Å². The van der Waals surface area contributed by atoms with E-state index in [4.69, 9.17) is 0 Å². The molecular formula is C17H21N5O2. The molecule has 24 heavy (non-hydrogen) atoms. The molecule has 1 aromatic carbocycles. The summed E-state index contributed by atoms with van der Waals surface area (Å²) in [4.78, 5) is 19.4. The minimum absolute atomic E-state index is 0.107. The third-order valence-corrected chi connectivity index (χ3v) is 4.34. The molecular weight excluding hydrogens is 306 g/mol. The van der Waals surface area contributed by atoms with Gasteiger partial charge in [-0.15, -0.1) is 0 Å². The van der Waals surface area contributed by atoms with Gasteiger partial charge >= 0.3 is 5.69 Å². The predicted molar refractivity (Wildman–Crippen MR) is 93.8 cm³/mol. The van der Waals surface area contributed by atoms with Gasteiger partial charge in [-0.2, -0.15) is 0 Å². The summed E-state index contributed by atoms with van der Waals surface area (Å²) in [5, 5.41) is 17.9. The van der Waals surface area contributed by atoms with Crippen LogP contribution < -0.4 is 10.6 Å². The molecule has 0 unspecified atom stereocenters. The lowest BCUT2D eigenvalue weighted by molar-refractivity contribution is -0.383. The zero-order chi connectivity index (χ0) is 17.1. The minimum Gasteiger partial charge on any atom is -0.361 e. The Morgan fingerprint density at radius 1 is 1.17 bits per heavy atom. The van der Waals surface area contributed by atoms with Crippen LogP contribution in [0, 0.1) is 24.0 Å². The van der Waals surface area contributed by atoms with Crippen LogP contribution in [0.25, 0.3) is 0 Å². The molecule has 1 heterocycles. The smallest absolute Gasteiger partial charge is 0.353 e. The normalized spacial score (nSPS) is 14.6. The molecule has 0 saturated heterocycles. The van der Waals surface area contributed by atoms with E-state index in [0.29, 0.717) is 0 Å². The molecule has 1 saturated carbocycles. The molecule has 0 atom stereocenters. The number of hydrogen-bond acceptors (Lipinski definition) is 6. The quantitative estimate of drug-likeness (QED) is 0.634. The molecule has 2 N–H and O–H groups in total. The first kappa shape index (κ1) is 16.2. The highest BCUT2D eigenvalue weighted by atomic mass is 16.6. The van der Waals surface area contributed by atoms with Crippen LogP contribution in [0.1, 0.15) is 36.8 Å². The number of nitrogens with one attached hydrogen (secondary N) is 2. The monoisotopic (exact) mass is 327 g/mol. The summed E-state index contributed by atoms with van der Waals surface area (Å²) < 4.78 is 0. The Morgan fingerprint density at radius 3 is 2.54 bits per heavy atom. The molecule has 1 aromatic heterocycles. The van der Waals surface area contributed by atoms with E-state index in [9.17, 15) is 10.1 Å². The van der Waals surface area contributed by atoms with Gasteiger partial charge in [0.25, 0.3) is 0 Å². The van der Waals surface area contributed by atoms with Crippen molar-refractivity contribution >= 4 is 23.0 Å². The summed E-state index contributed by atoms with van der Waals surface area (Å²) >= 11 is 0. The van der Waals surface area contributed by atoms with Crippen LogP contribution in [0.5, 0.6) is 0 Å². The fourth-order valence-electron chi connectivity index (χ4n) is 3.09. The standard InChI is InChI=1S/C17H21N5O2/c1-11-7-8-14(12(2)9-11)21-17-15(22(23)24)16(18-10-19-17)20-13-5-3-4-6-13/h7-10,13H,3-6H2,1-2H3,(H2,18,19,20,21). The van der Waals surface area contributed by atoms with E-state index in [0.717, 1.165) is 42.5 Å². The highest BCUT2D eigenvalue weighted by Crippen LogP contribution is 2.34. The maximum absolute atomic E-state index is 11.6. The topological polar surface area (TPSA) is 93.0 Å². The van der Waals surface area contributed by atoms with E-state index in [1.165, 1.54) is 6.33 Å². The van der Waals surface area contributed by atoms with E-state index in [-0.39, 0.29) is 23.4 Å². The first-order valence-electron chi connectivity index (χ1n) is 8.15. The zero-order valence-corrected chi connectivity index (χ0v) is 13.9. The number of nitrogens with zero attached hydrogens (tertiary/aromatic N) is 3. The Balaban J connectivity index is 1.93. The van der Waals surface area contributed by atoms with Crippen molar-refractivity contribution in [2.24, 2.45) is 0 Å². The van der Waals surface area contributed by atoms with Crippen molar-refractivity contribution < 1.29 is 4.92 Å². The Hall–Kier alpha value is -2.70. The lowest BCUT2D eigenvalue weighted by Gasteiger charge is -2.15. The largest absolute Gasteiger partial charge is 0.361 e. The third-order valence-electron chi connectivity index (χ3n) is 4.34. The molecule has 7 nitrogen and oxygen atoms in total. The van der Waals surface area contributed by atoms with Crippen molar-refractivity contribution in [1.82, 2.24) is 9.97 Å². The van der Waals surface area contributed by atoms with E-state index < -0.39 is 4.92 Å². The lowest BCUT2D eigenvalue weighted by atomic mass is 10.1. The molecule has 1 aliphatic rings. The van der Waals surface area contributed by atoms with Gasteiger partial charge in [0.1, 0.15) is 6.33 Å². The van der Waals surface area contributed by atoms with Gasteiger partial charge in [0.2, 0.25) is 11.6 Å². The van der Waals surface area contributed by atoms with Gasteiger partial charge in [0.15, 0.2) is 0 Å². The summed E-state index contributed by atoms with van der Waals surface area (Å²) in [5.74, 6) is 0.497. The first-order chi connectivity index (χ1) is 11.5. The summed E-state index contributed by atoms with van der Waals surface area (Å²) in [6, 6.07) is 6.13. The average Bonchev–Trinajstić information content (AvgIpc) is 3.03. The second kappa shape index (κ2) is 6.82. The zero-order valence-electron chi connectivity index (χ0n) is 13.9. The Labute approximate surface area is 140 Å². The lowest BCUT2D eigenvalue weighted by Crippen LogP contribution is -2.17. The molecule has 1 aliphatic carbocycles. The number of anilines is 3. The van der Waals surface area contributed by atoms with Crippen LogP contribution in [-0.4, -0.2) is 20.9 Å². The molecule has 0 radical (unpaired) electrons. The molecule has 126 valence electrons. The van der Waals surface area contributed by atoms with Crippen molar-refractivity contribution in [2.75, 3.05) is 10.6 Å². The van der Waals surface area contributed by atoms with Crippen LogP contribution >= 0.6 is 0 Å². The third kappa shape index (κ3) is 3.45. The predicted octanol–water partition coefficient (Wildman–Crippen LogP) is 4.10. The molecule has 1 fully saturated rings. The molecule has 0 aliphatic heterocycles. The Kier molecular flexibility index (Phi) is 4.59. The number of hydrogen-bond donors (Lipinski definition) is 2. The molecule has 0 amide bonds. The molecule has 2 aromatic rings. The molecule has 7 heteroatoms. The van der Waals surface area contributed by atoms with E-state index in [1.54, 1.807) is 0 Å². The average molecular weight is 327 g/mol. The summed E-state index contributed by atoms with van der Waals surface area (Å²) in [6.45, 7) is 3.97. The second-order valence-corrected chi connectivity index (χ2v) is 6.25. The van der Waals surface area contributed by atoms with Gasteiger partial charge in [-0.05, 0) is 38.3 Å². The number of rotatable bonds is 5. The van der Waals surface area contributed by atoms with Crippen LogP contribution in [-0.2, 0) is 0 Å². The molecule has 0 spiro atoms. The highest BCUT2D eigenvalue weighted by molar-refractivity contribution is 5.75. The van der Waals surface area contributed by atoms with Crippen LogP contribution in [0.15, 0.2) is 24.5 Å². The van der Waals surface area contributed by atoms with Gasteiger partial charge in [-0.25, -0.2) is 9.97 Å². The number of aryl methyl sites for hydroxylation is 2. The van der Waals surface area contributed by atoms with Crippen molar-refractivity contribution in [3.05, 3.63) is 45.8 Å². The Morgan fingerprint density at radius 2 is 1.88 bits per heavy atom. The van der Waals surface area contributed by atoms with E-state index in [1.807, 2.05) is 32.0 Å². The fraction of sp³-hybridized carbons (Fsp3) is 0.412. The second-order valence-electron chi connectivity index (χ2n) is 6.25. The highest BCUT2D eigenvalue weighted by Gasteiger charge is 2.26. The van der Waals surface area contributed by atoms with Gasteiger partial charge in [-0.3, -0.25) is 10.1 Å². The first-order valence-corrected chi connectivity index (χ1v) is 8.15.